The summed E-state index contributed by atoms with van der Waals surface area (Å²) in [6.07, 6.45) is 3.69. The molecule has 0 aliphatic carbocycles. The summed E-state index contributed by atoms with van der Waals surface area (Å²) in [5.74, 6) is -0.741. The number of aryl methyl sites for hydroxylation is 1. The molecule has 3 aromatic rings. The fourth-order valence-corrected chi connectivity index (χ4v) is 3.92. The third-order valence-corrected chi connectivity index (χ3v) is 5.81. The van der Waals surface area contributed by atoms with Crippen molar-refractivity contribution in [3.63, 3.8) is 0 Å². The number of nitrogens with one attached hydrogen (secondary N) is 1. The van der Waals surface area contributed by atoms with Gasteiger partial charge in [-0.25, -0.2) is 4.39 Å². The van der Waals surface area contributed by atoms with Crippen molar-refractivity contribution in [1.29, 1.82) is 0 Å². The molecule has 0 unspecified atom stereocenters. The number of amides is 2. The summed E-state index contributed by atoms with van der Waals surface area (Å²) >= 11 is 0. The Kier molecular flexibility index (Phi) is 6.54. The Morgan fingerprint density at radius 3 is 2.61 bits per heavy atom. The summed E-state index contributed by atoms with van der Waals surface area (Å²) in [6.45, 7) is 3.23. The Morgan fingerprint density at radius 2 is 1.88 bits per heavy atom. The number of carbonyl (C=O) groups is 2. The van der Waals surface area contributed by atoms with Gasteiger partial charge in [0.15, 0.2) is 0 Å². The van der Waals surface area contributed by atoms with Crippen LogP contribution in [0.2, 0.25) is 0 Å². The molecule has 5 nitrogen and oxygen atoms in total. The number of nitrogens with zero attached hydrogens (tertiary/aromatic N) is 1. The number of nitrogen functional groups attached to an aromatic ring is 1. The standard InChI is InChI=1S/C27H26FN3O2/c1-18-5-2-3-6-21(18)15-22-7-4-14-31(27(22)33)17-19-8-10-20(11-9-19)26(32)30-25-13-12-23(28)16-24(25)29/h2-3,5-6,8-13,15-16H,4,7,14,17,29H2,1H3,(H,30,32)/b22-15+. The number of carbonyl (C=O) groups excluding carboxylic acids is 2. The van der Waals surface area contributed by atoms with Crippen molar-refractivity contribution in [3.8, 4) is 0 Å². The highest BCUT2D eigenvalue weighted by molar-refractivity contribution is 6.05. The Hall–Kier alpha value is -3.93. The van der Waals surface area contributed by atoms with E-state index in [1.54, 1.807) is 12.1 Å². The minimum Gasteiger partial charge on any atom is -0.397 e. The van der Waals surface area contributed by atoms with Crippen molar-refractivity contribution in [3.05, 3.63) is 100 Å². The van der Waals surface area contributed by atoms with Crippen LogP contribution in [0.4, 0.5) is 15.8 Å². The molecule has 3 N–H and O–H groups in total. The van der Waals surface area contributed by atoms with Gasteiger partial charge in [0.05, 0.1) is 11.4 Å². The topological polar surface area (TPSA) is 75.4 Å². The van der Waals surface area contributed by atoms with Gasteiger partial charge in [0.25, 0.3) is 5.91 Å². The van der Waals surface area contributed by atoms with Gasteiger partial charge >= 0.3 is 0 Å². The maximum absolute atomic E-state index is 13.2. The average Bonchev–Trinajstić information content (AvgIpc) is 2.80. The minimum absolute atomic E-state index is 0.0538. The molecule has 33 heavy (non-hydrogen) atoms. The average molecular weight is 444 g/mol. The van der Waals surface area contributed by atoms with Crippen LogP contribution in [-0.2, 0) is 11.3 Å². The minimum atomic E-state index is -0.459. The summed E-state index contributed by atoms with van der Waals surface area (Å²) < 4.78 is 13.2. The lowest BCUT2D eigenvalue weighted by molar-refractivity contribution is -0.129. The molecular formula is C27H26FN3O2. The molecule has 4 rings (SSSR count). The van der Waals surface area contributed by atoms with Gasteiger partial charge in [-0.3, -0.25) is 9.59 Å². The van der Waals surface area contributed by atoms with Crippen LogP contribution >= 0.6 is 0 Å². The molecular weight excluding hydrogens is 417 g/mol. The monoisotopic (exact) mass is 443 g/mol. The summed E-state index contributed by atoms with van der Waals surface area (Å²) in [7, 11) is 0. The normalized spacial score (nSPS) is 15.0. The first kappa shape index (κ1) is 22.3. The highest BCUT2D eigenvalue weighted by Gasteiger charge is 2.23. The quantitative estimate of drug-likeness (QED) is 0.422. The highest BCUT2D eigenvalue weighted by atomic mass is 19.1. The van der Waals surface area contributed by atoms with Crippen molar-refractivity contribution in [1.82, 2.24) is 4.90 Å². The number of hydrogen-bond acceptors (Lipinski definition) is 3. The number of rotatable bonds is 5. The first-order valence-electron chi connectivity index (χ1n) is 10.9. The molecule has 1 fully saturated rings. The predicted octanol–water partition coefficient (Wildman–Crippen LogP) is 5.17. The SMILES string of the molecule is Cc1ccccc1/C=C1\CCCN(Cc2ccc(C(=O)Nc3ccc(F)cc3N)cc2)C1=O. The Balaban J connectivity index is 1.42. The molecule has 1 aliphatic heterocycles. The molecule has 0 atom stereocenters. The Bertz CT molecular complexity index is 1220. The third kappa shape index (κ3) is 5.29. The summed E-state index contributed by atoms with van der Waals surface area (Å²) in [6, 6.07) is 19.0. The van der Waals surface area contributed by atoms with Crippen LogP contribution in [0.5, 0.6) is 0 Å². The molecule has 168 valence electrons. The summed E-state index contributed by atoms with van der Waals surface area (Å²) in [5.41, 5.74) is 10.7. The molecule has 6 heteroatoms. The van der Waals surface area contributed by atoms with Gasteiger partial charge in [0, 0.05) is 24.2 Å². The molecule has 0 spiro atoms. The number of nitrogens with two attached hydrogens (primary N) is 1. The number of hydrogen-bond donors (Lipinski definition) is 2. The smallest absolute Gasteiger partial charge is 0.255 e. The number of anilines is 2. The fraction of sp³-hybridized carbons (Fsp3) is 0.185. The van der Waals surface area contributed by atoms with Gasteiger partial charge in [-0.1, -0.05) is 36.4 Å². The highest BCUT2D eigenvalue weighted by Crippen LogP contribution is 2.24. The van der Waals surface area contributed by atoms with Crippen LogP contribution in [0.3, 0.4) is 0 Å². The second kappa shape index (κ2) is 9.69. The van der Waals surface area contributed by atoms with Crippen molar-refractivity contribution < 1.29 is 14.0 Å². The molecule has 0 radical (unpaired) electrons. The van der Waals surface area contributed by atoms with Crippen molar-refractivity contribution in [2.75, 3.05) is 17.6 Å². The fourth-order valence-electron chi connectivity index (χ4n) is 3.92. The zero-order valence-electron chi connectivity index (χ0n) is 18.5. The second-order valence-electron chi connectivity index (χ2n) is 8.24. The largest absolute Gasteiger partial charge is 0.397 e. The van der Waals surface area contributed by atoms with Crippen molar-refractivity contribution in [2.45, 2.75) is 26.3 Å². The van der Waals surface area contributed by atoms with E-state index in [1.807, 2.05) is 54.3 Å². The van der Waals surface area contributed by atoms with Crippen LogP contribution in [0.25, 0.3) is 6.08 Å². The van der Waals surface area contributed by atoms with Gasteiger partial charge < -0.3 is 16.0 Å². The van der Waals surface area contributed by atoms with Gasteiger partial charge in [0.1, 0.15) is 5.82 Å². The lowest BCUT2D eigenvalue weighted by Crippen LogP contribution is -2.36. The van der Waals surface area contributed by atoms with E-state index in [0.29, 0.717) is 24.3 Å². The first-order chi connectivity index (χ1) is 15.9. The Morgan fingerprint density at radius 1 is 1.12 bits per heavy atom. The van der Waals surface area contributed by atoms with Gasteiger partial charge in [0.2, 0.25) is 5.91 Å². The van der Waals surface area contributed by atoms with Crippen molar-refractivity contribution in [2.24, 2.45) is 0 Å². The van der Waals surface area contributed by atoms with E-state index >= 15 is 0 Å². The number of likely N-dealkylation sites (tertiary alicyclic amines) is 1. The van der Waals surface area contributed by atoms with Gasteiger partial charge in [-0.05, 0) is 72.9 Å². The second-order valence-corrected chi connectivity index (χ2v) is 8.24. The van der Waals surface area contributed by atoms with E-state index in [4.69, 9.17) is 5.73 Å². The van der Waals surface area contributed by atoms with Crippen LogP contribution in [0.15, 0.2) is 72.3 Å². The van der Waals surface area contributed by atoms with E-state index in [9.17, 15) is 14.0 Å². The lowest BCUT2D eigenvalue weighted by Gasteiger charge is -2.29. The van der Waals surface area contributed by atoms with E-state index < -0.39 is 5.82 Å². The van der Waals surface area contributed by atoms with Crippen LogP contribution in [0.1, 0.15) is 39.9 Å². The number of halogens is 1. The molecule has 0 bridgehead atoms. The summed E-state index contributed by atoms with van der Waals surface area (Å²) in [5, 5.41) is 2.69. The number of piperidine rings is 1. The Labute approximate surface area is 192 Å². The van der Waals surface area contributed by atoms with Gasteiger partial charge in [-0.2, -0.15) is 0 Å². The van der Waals surface area contributed by atoms with E-state index in [2.05, 4.69) is 5.32 Å². The maximum atomic E-state index is 13.2. The maximum Gasteiger partial charge on any atom is 0.255 e. The third-order valence-electron chi connectivity index (χ3n) is 5.81. The van der Waals surface area contributed by atoms with Crippen LogP contribution in [-0.4, -0.2) is 23.3 Å². The van der Waals surface area contributed by atoms with Crippen molar-refractivity contribution >= 4 is 29.3 Å². The molecule has 0 saturated carbocycles. The van der Waals surface area contributed by atoms with Gasteiger partial charge in [-0.15, -0.1) is 0 Å². The zero-order chi connectivity index (χ0) is 23.4. The molecule has 3 aromatic carbocycles. The number of benzene rings is 3. The van der Waals surface area contributed by atoms with E-state index in [0.717, 1.165) is 41.2 Å². The molecule has 2 amide bonds. The molecule has 1 aliphatic rings. The molecule has 1 saturated heterocycles. The lowest BCUT2D eigenvalue weighted by atomic mass is 9.98. The van der Waals surface area contributed by atoms with Crippen LogP contribution < -0.4 is 11.1 Å². The molecule has 0 aromatic heterocycles. The van der Waals surface area contributed by atoms with Crippen LogP contribution in [0, 0.1) is 12.7 Å². The molecule has 1 heterocycles. The van der Waals surface area contributed by atoms with E-state index in [-0.39, 0.29) is 17.5 Å². The summed E-state index contributed by atoms with van der Waals surface area (Å²) in [4.78, 5) is 27.4. The zero-order valence-corrected chi connectivity index (χ0v) is 18.5. The van der Waals surface area contributed by atoms with E-state index in [1.165, 1.54) is 12.1 Å². The predicted molar refractivity (Wildman–Crippen MR) is 129 cm³/mol. The first-order valence-corrected chi connectivity index (χ1v) is 10.9.